The van der Waals surface area contributed by atoms with Gasteiger partial charge in [0.15, 0.2) is 0 Å². The highest BCUT2D eigenvalue weighted by molar-refractivity contribution is 6.18. The van der Waals surface area contributed by atoms with Crippen molar-refractivity contribution >= 4 is 11.6 Å². The quantitative estimate of drug-likeness (QED) is 0.563. The van der Waals surface area contributed by atoms with Crippen molar-refractivity contribution in [3.05, 3.63) is 0 Å². The lowest BCUT2D eigenvalue weighted by Crippen LogP contribution is -2.12. The maximum absolute atomic E-state index is 5.65. The molecule has 0 saturated carbocycles. The molecule has 1 nitrogen and oxygen atoms in total. The minimum atomic E-state index is 0.487. The summed E-state index contributed by atoms with van der Waals surface area (Å²) in [4.78, 5) is 0. The van der Waals surface area contributed by atoms with E-state index in [4.69, 9.17) is 16.3 Å². The van der Waals surface area contributed by atoms with Crippen molar-refractivity contribution in [3.63, 3.8) is 0 Å². The highest BCUT2D eigenvalue weighted by Gasteiger charge is 2.03. The summed E-state index contributed by atoms with van der Waals surface area (Å²) in [5.74, 6) is 1.88. The van der Waals surface area contributed by atoms with Crippen LogP contribution >= 0.6 is 11.6 Å². The van der Waals surface area contributed by atoms with Gasteiger partial charge in [0, 0.05) is 12.5 Å². The minimum Gasteiger partial charge on any atom is -0.381 e. The molecule has 0 radical (unpaired) electrons. The first-order valence-corrected chi connectivity index (χ1v) is 5.37. The molecule has 0 fully saturated rings. The average molecular weight is 193 g/mol. The fraction of sp³-hybridized carbons (Fsp3) is 1.00. The number of rotatable bonds is 7. The third-order valence-corrected chi connectivity index (χ3v) is 2.38. The van der Waals surface area contributed by atoms with E-state index in [1.54, 1.807) is 0 Å². The van der Waals surface area contributed by atoms with Crippen molar-refractivity contribution in [1.82, 2.24) is 0 Å². The lowest BCUT2D eigenvalue weighted by molar-refractivity contribution is 0.0824. The zero-order valence-corrected chi connectivity index (χ0v) is 9.23. The van der Waals surface area contributed by atoms with E-state index in [9.17, 15) is 0 Å². The van der Waals surface area contributed by atoms with E-state index in [2.05, 4.69) is 20.8 Å². The van der Waals surface area contributed by atoms with E-state index in [0.29, 0.717) is 17.7 Å². The van der Waals surface area contributed by atoms with Gasteiger partial charge in [0.2, 0.25) is 0 Å². The monoisotopic (exact) mass is 192 g/mol. The summed E-state index contributed by atoms with van der Waals surface area (Å²) in [7, 11) is 0. The van der Waals surface area contributed by atoms with Crippen LogP contribution in [0, 0.1) is 11.8 Å². The number of hydrogen-bond donors (Lipinski definition) is 0. The summed E-state index contributed by atoms with van der Waals surface area (Å²) in [5, 5.41) is 0. The van der Waals surface area contributed by atoms with Gasteiger partial charge in [-0.15, -0.1) is 11.6 Å². The fourth-order valence-electron chi connectivity index (χ4n) is 1.09. The Bertz CT molecular complexity index is 95.8. The normalized spacial score (nSPS) is 16.0. The van der Waals surface area contributed by atoms with Crippen LogP contribution in [0.1, 0.15) is 33.6 Å². The van der Waals surface area contributed by atoms with Crippen LogP contribution in [0.15, 0.2) is 0 Å². The third kappa shape index (κ3) is 6.93. The molecule has 0 aromatic heterocycles. The van der Waals surface area contributed by atoms with Gasteiger partial charge in [0.25, 0.3) is 0 Å². The molecular formula is C10H21ClO. The van der Waals surface area contributed by atoms with Crippen LogP contribution in [-0.4, -0.2) is 19.1 Å². The largest absolute Gasteiger partial charge is 0.381 e. The lowest BCUT2D eigenvalue weighted by atomic mass is 10.1. The van der Waals surface area contributed by atoms with Gasteiger partial charge in [-0.2, -0.15) is 0 Å². The maximum atomic E-state index is 5.65. The predicted molar refractivity (Wildman–Crippen MR) is 54.8 cm³/mol. The Kier molecular flexibility index (Phi) is 8.04. The molecule has 0 aromatic rings. The van der Waals surface area contributed by atoms with Gasteiger partial charge in [0.1, 0.15) is 0 Å². The molecule has 12 heavy (non-hydrogen) atoms. The van der Waals surface area contributed by atoms with E-state index in [-0.39, 0.29) is 0 Å². The molecule has 0 aromatic carbocycles. The second-order valence-electron chi connectivity index (χ2n) is 3.69. The van der Waals surface area contributed by atoms with Crippen molar-refractivity contribution < 1.29 is 4.74 Å². The number of alkyl halides is 1. The maximum Gasteiger partial charge on any atom is 0.0503 e. The van der Waals surface area contributed by atoms with Gasteiger partial charge in [0.05, 0.1) is 6.61 Å². The van der Waals surface area contributed by atoms with Crippen molar-refractivity contribution in [2.75, 3.05) is 19.1 Å². The van der Waals surface area contributed by atoms with Crippen LogP contribution < -0.4 is 0 Å². The van der Waals surface area contributed by atoms with Crippen molar-refractivity contribution in [2.45, 2.75) is 33.6 Å². The summed E-state index contributed by atoms with van der Waals surface area (Å²) in [6.45, 7) is 8.23. The molecule has 0 heterocycles. The molecule has 74 valence electrons. The topological polar surface area (TPSA) is 9.23 Å². The van der Waals surface area contributed by atoms with Gasteiger partial charge in [-0.05, 0) is 18.3 Å². The predicted octanol–water partition coefficient (Wildman–Crippen LogP) is 3.31. The van der Waals surface area contributed by atoms with Crippen LogP contribution in [0.3, 0.4) is 0 Å². The van der Waals surface area contributed by atoms with Crippen molar-refractivity contribution in [2.24, 2.45) is 11.8 Å². The molecule has 0 aliphatic heterocycles. The number of halogens is 1. The first kappa shape index (κ1) is 12.2. The Hall–Kier alpha value is 0.250. The first-order valence-electron chi connectivity index (χ1n) is 4.84. The smallest absolute Gasteiger partial charge is 0.0503 e. The molecule has 0 aliphatic rings. The summed E-state index contributed by atoms with van der Waals surface area (Å²) in [6, 6.07) is 0. The van der Waals surface area contributed by atoms with Gasteiger partial charge in [-0.25, -0.2) is 0 Å². The molecule has 0 bridgehead atoms. The molecule has 0 saturated heterocycles. The standard InChI is InChI=1S/C10H21ClO/c1-4-5-9(2)7-12-8-10(3)6-11/h9-10H,4-8H2,1-3H3. The zero-order chi connectivity index (χ0) is 9.40. The zero-order valence-electron chi connectivity index (χ0n) is 8.48. The Labute approximate surface area is 81.4 Å². The number of ether oxygens (including phenoxy) is 1. The lowest BCUT2D eigenvalue weighted by Gasteiger charge is -2.12. The van der Waals surface area contributed by atoms with E-state index in [0.717, 1.165) is 13.2 Å². The van der Waals surface area contributed by atoms with E-state index in [1.165, 1.54) is 12.8 Å². The SMILES string of the molecule is CCCC(C)COCC(C)CCl. The Morgan fingerprint density at radius 3 is 2.25 bits per heavy atom. The van der Waals surface area contributed by atoms with E-state index in [1.807, 2.05) is 0 Å². The summed E-state index contributed by atoms with van der Waals surface area (Å²) >= 11 is 5.65. The van der Waals surface area contributed by atoms with Gasteiger partial charge in [-0.3, -0.25) is 0 Å². The summed E-state index contributed by atoms with van der Waals surface area (Å²) < 4.78 is 5.52. The van der Waals surface area contributed by atoms with Crippen molar-refractivity contribution in [1.29, 1.82) is 0 Å². The molecule has 0 aliphatic carbocycles. The van der Waals surface area contributed by atoms with Gasteiger partial charge >= 0.3 is 0 Å². The second kappa shape index (κ2) is 7.88. The van der Waals surface area contributed by atoms with Gasteiger partial charge in [-0.1, -0.05) is 27.2 Å². The minimum absolute atomic E-state index is 0.487. The molecular weight excluding hydrogens is 172 g/mol. The summed E-state index contributed by atoms with van der Waals surface area (Å²) in [6.07, 6.45) is 2.50. The van der Waals surface area contributed by atoms with Crippen LogP contribution in [0.4, 0.5) is 0 Å². The Balaban J connectivity index is 3.18. The Morgan fingerprint density at radius 1 is 1.17 bits per heavy atom. The summed E-state index contributed by atoms with van der Waals surface area (Å²) in [5.41, 5.74) is 0. The van der Waals surface area contributed by atoms with Crippen LogP contribution in [0.5, 0.6) is 0 Å². The molecule has 0 N–H and O–H groups in total. The fourth-order valence-corrected chi connectivity index (χ4v) is 1.18. The van der Waals surface area contributed by atoms with Crippen LogP contribution in [-0.2, 0) is 4.74 Å². The van der Waals surface area contributed by atoms with Crippen LogP contribution in [0.25, 0.3) is 0 Å². The van der Waals surface area contributed by atoms with Crippen LogP contribution in [0.2, 0.25) is 0 Å². The average Bonchev–Trinajstić information content (AvgIpc) is 2.04. The highest BCUT2D eigenvalue weighted by Crippen LogP contribution is 2.06. The molecule has 2 heteroatoms. The Morgan fingerprint density at radius 2 is 1.75 bits per heavy atom. The third-order valence-electron chi connectivity index (χ3n) is 1.85. The molecule has 0 spiro atoms. The number of hydrogen-bond acceptors (Lipinski definition) is 1. The highest BCUT2D eigenvalue weighted by atomic mass is 35.5. The van der Waals surface area contributed by atoms with E-state index >= 15 is 0 Å². The second-order valence-corrected chi connectivity index (χ2v) is 4.00. The van der Waals surface area contributed by atoms with Gasteiger partial charge < -0.3 is 4.74 Å². The molecule has 2 unspecified atom stereocenters. The molecule has 2 atom stereocenters. The molecule has 0 amide bonds. The van der Waals surface area contributed by atoms with E-state index < -0.39 is 0 Å². The molecule has 0 rings (SSSR count). The first-order chi connectivity index (χ1) is 5.70. The van der Waals surface area contributed by atoms with Crippen molar-refractivity contribution in [3.8, 4) is 0 Å².